The lowest BCUT2D eigenvalue weighted by molar-refractivity contribution is 0.0580. The fourth-order valence-corrected chi connectivity index (χ4v) is 2.30. The van der Waals surface area contributed by atoms with E-state index in [0.717, 1.165) is 19.3 Å². The number of carbonyl (C=O) groups excluding carboxylic acids is 1. The molecule has 0 aromatic heterocycles. The second-order valence-electron chi connectivity index (χ2n) is 4.68. The molecule has 1 saturated carbocycles. The van der Waals surface area contributed by atoms with Crippen LogP contribution in [0, 0.1) is 0 Å². The Morgan fingerprint density at radius 3 is 2.78 bits per heavy atom. The predicted octanol–water partition coefficient (Wildman–Crippen LogP) is 3.02. The third kappa shape index (κ3) is 2.96. The van der Waals surface area contributed by atoms with Crippen LogP contribution in [0.25, 0.3) is 0 Å². The zero-order chi connectivity index (χ0) is 13.0. The SMILES string of the molecule is O=C(c1cccc(O)c1)N(CCCCl)C1CCC1. The lowest BCUT2D eigenvalue weighted by atomic mass is 9.91. The summed E-state index contributed by atoms with van der Waals surface area (Å²) >= 11 is 5.71. The first-order valence-corrected chi connectivity index (χ1v) is 6.92. The lowest BCUT2D eigenvalue weighted by Gasteiger charge is -2.37. The average Bonchev–Trinajstić information content (AvgIpc) is 2.31. The first-order valence-electron chi connectivity index (χ1n) is 6.38. The van der Waals surface area contributed by atoms with Crippen molar-refractivity contribution in [2.45, 2.75) is 31.7 Å². The van der Waals surface area contributed by atoms with Gasteiger partial charge in [-0.2, -0.15) is 0 Å². The average molecular weight is 268 g/mol. The summed E-state index contributed by atoms with van der Waals surface area (Å²) in [5.74, 6) is 0.698. The lowest BCUT2D eigenvalue weighted by Crippen LogP contribution is -2.44. The second kappa shape index (κ2) is 6.10. The molecule has 1 aromatic rings. The molecule has 98 valence electrons. The number of rotatable bonds is 5. The Morgan fingerprint density at radius 1 is 1.44 bits per heavy atom. The molecule has 0 bridgehead atoms. The summed E-state index contributed by atoms with van der Waals surface area (Å²) < 4.78 is 0. The summed E-state index contributed by atoms with van der Waals surface area (Å²) in [6, 6.07) is 6.89. The molecule has 1 aliphatic rings. The van der Waals surface area contributed by atoms with Gasteiger partial charge in [0.25, 0.3) is 5.91 Å². The number of phenols is 1. The first kappa shape index (κ1) is 13.2. The molecule has 2 rings (SSSR count). The highest BCUT2D eigenvalue weighted by Crippen LogP contribution is 2.27. The molecule has 0 atom stereocenters. The number of aromatic hydroxyl groups is 1. The van der Waals surface area contributed by atoms with Crippen molar-refractivity contribution < 1.29 is 9.90 Å². The van der Waals surface area contributed by atoms with E-state index in [2.05, 4.69) is 0 Å². The topological polar surface area (TPSA) is 40.5 Å². The van der Waals surface area contributed by atoms with Gasteiger partial charge in [-0.3, -0.25) is 4.79 Å². The van der Waals surface area contributed by atoms with Gasteiger partial charge in [0.15, 0.2) is 0 Å². The number of alkyl halides is 1. The number of phenolic OH excluding ortho intramolecular Hbond substituents is 1. The molecule has 18 heavy (non-hydrogen) atoms. The van der Waals surface area contributed by atoms with E-state index in [9.17, 15) is 9.90 Å². The maximum Gasteiger partial charge on any atom is 0.254 e. The number of carbonyl (C=O) groups is 1. The summed E-state index contributed by atoms with van der Waals surface area (Å²) in [4.78, 5) is 14.3. The number of amides is 1. The van der Waals surface area contributed by atoms with Crippen molar-refractivity contribution in [3.8, 4) is 5.75 Å². The molecule has 1 amide bonds. The first-order chi connectivity index (χ1) is 8.72. The summed E-state index contributed by atoms with van der Waals surface area (Å²) in [7, 11) is 0. The van der Waals surface area contributed by atoms with Gasteiger partial charge in [-0.15, -0.1) is 11.6 Å². The van der Waals surface area contributed by atoms with Gasteiger partial charge in [0.1, 0.15) is 5.75 Å². The van der Waals surface area contributed by atoms with Crippen LogP contribution >= 0.6 is 11.6 Å². The van der Waals surface area contributed by atoms with Gasteiger partial charge in [-0.1, -0.05) is 6.07 Å². The maximum atomic E-state index is 12.4. The van der Waals surface area contributed by atoms with Crippen molar-refractivity contribution >= 4 is 17.5 Å². The molecule has 1 fully saturated rings. The molecule has 0 unspecified atom stereocenters. The van der Waals surface area contributed by atoms with Crippen LogP contribution in [0.2, 0.25) is 0 Å². The van der Waals surface area contributed by atoms with Crippen LogP contribution < -0.4 is 0 Å². The Morgan fingerprint density at radius 2 is 2.22 bits per heavy atom. The van der Waals surface area contributed by atoms with E-state index in [0.29, 0.717) is 24.0 Å². The highest BCUT2D eigenvalue weighted by atomic mass is 35.5. The third-order valence-electron chi connectivity index (χ3n) is 3.40. The largest absolute Gasteiger partial charge is 0.508 e. The Labute approximate surface area is 112 Å². The Hall–Kier alpha value is -1.22. The molecular weight excluding hydrogens is 250 g/mol. The zero-order valence-electron chi connectivity index (χ0n) is 10.3. The quantitative estimate of drug-likeness (QED) is 0.833. The molecular formula is C14H18ClNO2. The van der Waals surface area contributed by atoms with Gasteiger partial charge in [0.05, 0.1) is 0 Å². The van der Waals surface area contributed by atoms with Crippen LogP contribution in [0.4, 0.5) is 0 Å². The van der Waals surface area contributed by atoms with E-state index in [-0.39, 0.29) is 11.7 Å². The number of benzene rings is 1. The van der Waals surface area contributed by atoms with Gasteiger partial charge in [-0.25, -0.2) is 0 Å². The Kier molecular flexibility index (Phi) is 4.48. The van der Waals surface area contributed by atoms with Gasteiger partial charge < -0.3 is 10.0 Å². The molecule has 1 N–H and O–H groups in total. The summed E-state index contributed by atoms with van der Waals surface area (Å²) in [6.45, 7) is 0.697. The molecule has 0 aliphatic heterocycles. The Balaban J connectivity index is 2.11. The molecule has 1 aromatic carbocycles. The fourth-order valence-electron chi connectivity index (χ4n) is 2.18. The van der Waals surface area contributed by atoms with Crippen molar-refractivity contribution in [1.82, 2.24) is 4.90 Å². The number of halogens is 1. The van der Waals surface area contributed by atoms with Crippen molar-refractivity contribution in [2.75, 3.05) is 12.4 Å². The van der Waals surface area contributed by atoms with E-state index in [1.807, 2.05) is 4.90 Å². The van der Waals surface area contributed by atoms with Gasteiger partial charge >= 0.3 is 0 Å². The van der Waals surface area contributed by atoms with Crippen molar-refractivity contribution in [2.24, 2.45) is 0 Å². The highest BCUT2D eigenvalue weighted by Gasteiger charge is 2.28. The standard InChI is InChI=1S/C14H18ClNO2/c15-8-3-9-16(12-5-2-6-12)14(18)11-4-1-7-13(17)10-11/h1,4,7,10,12,17H,2-3,5-6,8-9H2. The van der Waals surface area contributed by atoms with Crippen molar-refractivity contribution in [3.63, 3.8) is 0 Å². The molecule has 4 heteroatoms. The van der Waals surface area contributed by atoms with Crippen LogP contribution in [0.1, 0.15) is 36.0 Å². The maximum absolute atomic E-state index is 12.4. The molecule has 3 nitrogen and oxygen atoms in total. The molecule has 0 spiro atoms. The minimum absolute atomic E-state index is 0.000664. The van der Waals surface area contributed by atoms with E-state index < -0.39 is 0 Å². The molecule has 0 saturated heterocycles. The van der Waals surface area contributed by atoms with Crippen LogP contribution in [0.5, 0.6) is 5.75 Å². The fraction of sp³-hybridized carbons (Fsp3) is 0.500. The minimum Gasteiger partial charge on any atom is -0.508 e. The second-order valence-corrected chi connectivity index (χ2v) is 5.05. The number of hydrogen-bond acceptors (Lipinski definition) is 2. The smallest absolute Gasteiger partial charge is 0.254 e. The molecule has 1 aliphatic carbocycles. The van der Waals surface area contributed by atoms with E-state index in [1.165, 1.54) is 12.5 Å². The zero-order valence-corrected chi connectivity index (χ0v) is 11.1. The van der Waals surface area contributed by atoms with Crippen molar-refractivity contribution in [3.05, 3.63) is 29.8 Å². The van der Waals surface area contributed by atoms with E-state index in [4.69, 9.17) is 11.6 Å². The third-order valence-corrected chi connectivity index (χ3v) is 3.67. The van der Waals surface area contributed by atoms with Crippen LogP contribution in [0.3, 0.4) is 0 Å². The molecule has 0 radical (unpaired) electrons. The summed E-state index contributed by atoms with van der Waals surface area (Å²) in [6.07, 6.45) is 4.15. The summed E-state index contributed by atoms with van der Waals surface area (Å²) in [5, 5.41) is 9.44. The van der Waals surface area contributed by atoms with Crippen LogP contribution in [0.15, 0.2) is 24.3 Å². The van der Waals surface area contributed by atoms with Crippen LogP contribution in [-0.4, -0.2) is 34.4 Å². The van der Waals surface area contributed by atoms with E-state index >= 15 is 0 Å². The van der Waals surface area contributed by atoms with E-state index in [1.54, 1.807) is 18.2 Å². The van der Waals surface area contributed by atoms with Crippen LogP contribution in [-0.2, 0) is 0 Å². The summed E-state index contributed by atoms with van der Waals surface area (Å²) in [5.41, 5.74) is 0.552. The molecule has 0 heterocycles. The van der Waals surface area contributed by atoms with Gasteiger partial charge in [-0.05, 0) is 43.9 Å². The monoisotopic (exact) mass is 267 g/mol. The minimum atomic E-state index is 0.000664. The van der Waals surface area contributed by atoms with Gasteiger partial charge in [0.2, 0.25) is 0 Å². The highest BCUT2D eigenvalue weighted by molar-refractivity contribution is 6.17. The van der Waals surface area contributed by atoms with Gasteiger partial charge in [0, 0.05) is 24.0 Å². The predicted molar refractivity (Wildman–Crippen MR) is 72.1 cm³/mol. The van der Waals surface area contributed by atoms with Crippen molar-refractivity contribution in [1.29, 1.82) is 0 Å². The normalized spacial score (nSPS) is 15.2. The number of nitrogens with zero attached hydrogens (tertiary/aromatic N) is 1. The number of hydrogen-bond donors (Lipinski definition) is 1. The Bertz CT molecular complexity index is 418.